The van der Waals surface area contributed by atoms with Crippen LogP contribution in [0.15, 0.2) is 42.5 Å². The third kappa shape index (κ3) is 4.83. The van der Waals surface area contributed by atoms with Crippen LogP contribution in [-0.4, -0.2) is 44.7 Å². The van der Waals surface area contributed by atoms with E-state index >= 15 is 0 Å². The number of amides is 2. The molecule has 2 fully saturated rings. The molecule has 2 amide bonds. The van der Waals surface area contributed by atoms with E-state index in [0.29, 0.717) is 42.7 Å². The summed E-state index contributed by atoms with van der Waals surface area (Å²) in [5, 5.41) is 3.17. The quantitative estimate of drug-likeness (QED) is 0.732. The van der Waals surface area contributed by atoms with Gasteiger partial charge in [0.2, 0.25) is 11.8 Å². The molecule has 2 heterocycles. The Balaban J connectivity index is 1.55. The molecule has 10 heteroatoms. The fraction of sp³-hybridized carbons (Fsp3) is 0.364. The predicted octanol–water partition coefficient (Wildman–Crippen LogP) is 4.19. The van der Waals surface area contributed by atoms with Gasteiger partial charge in [-0.2, -0.15) is 13.2 Å². The fourth-order valence-electron chi connectivity index (χ4n) is 3.88. The standard InChI is InChI=1S/C22H21ClF3N3O3/c23-16-2-4-17(5-3-16)29-13-14(11-20(29)30)21(31)27-18-12-15(22(24,25)26)1-6-19(18)28-7-9-32-10-8-28/h1-6,12,14H,7-11,13H2,(H,27,31). The molecule has 1 unspecified atom stereocenters. The Morgan fingerprint density at radius 1 is 1.09 bits per heavy atom. The van der Waals surface area contributed by atoms with Crippen molar-refractivity contribution in [1.82, 2.24) is 0 Å². The smallest absolute Gasteiger partial charge is 0.378 e. The molecule has 2 aromatic carbocycles. The first-order valence-corrected chi connectivity index (χ1v) is 10.5. The topological polar surface area (TPSA) is 61.9 Å². The van der Waals surface area contributed by atoms with E-state index in [9.17, 15) is 22.8 Å². The second-order valence-electron chi connectivity index (χ2n) is 7.70. The van der Waals surface area contributed by atoms with Crippen LogP contribution in [0.4, 0.5) is 30.2 Å². The number of anilines is 3. The van der Waals surface area contributed by atoms with E-state index in [2.05, 4.69) is 5.32 Å². The Kier molecular flexibility index (Phi) is 6.30. The number of ether oxygens (including phenoxy) is 1. The third-order valence-electron chi connectivity index (χ3n) is 5.57. The first kappa shape index (κ1) is 22.4. The van der Waals surface area contributed by atoms with Gasteiger partial charge in [0.05, 0.1) is 36.1 Å². The minimum atomic E-state index is -4.54. The van der Waals surface area contributed by atoms with Crippen LogP contribution < -0.4 is 15.1 Å². The van der Waals surface area contributed by atoms with Gasteiger partial charge in [-0.25, -0.2) is 0 Å². The van der Waals surface area contributed by atoms with Crippen LogP contribution in [0.1, 0.15) is 12.0 Å². The molecule has 1 atom stereocenters. The Morgan fingerprint density at radius 2 is 1.78 bits per heavy atom. The second-order valence-corrected chi connectivity index (χ2v) is 8.14. The number of hydrogen-bond donors (Lipinski definition) is 1. The lowest BCUT2D eigenvalue weighted by molar-refractivity contribution is -0.137. The highest BCUT2D eigenvalue weighted by atomic mass is 35.5. The van der Waals surface area contributed by atoms with E-state index in [1.807, 2.05) is 4.90 Å². The van der Waals surface area contributed by atoms with E-state index in [1.165, 1.54) is 11.0 Å². The SMILES string of the molecule is O=C(Nc1cc(C(F)(F)F)ccc1N1CCOCC1)C1CC(=O)N(c2ccc(Cl)cc2)C1. The Morgan fingerprint density at radius 3 is 2.44 bits per heavy atom. The molecule has 2 saturated heterocycles. The zero-order valence-electron chi connectivity index (χ0n) is 17.0. The zero-order valence-corrected chi connectivity index (χ0v) is 17.7. The van der Waals surface area contributed by atoms with Crippen molar-refractivity contribution in [2.24, 2.45) is 5.92 Å². The van der Waals surface area contributed by atoms with E-state index in [-0.39, 0.29) is 24.6 Å². The van der Waals surface area contributed by atoms with Gasteiger partial charge in [0.25, 0.3) is 0 Å². The van der Waals surface area contributed by atoms with Gasteiger partial charge >= 0.3 is 6.18 Å². The van der Waals surface area contributed by atoms with Crippen LogP contribution >= 0.6 is 11.6 Å². The summed E-state index contributed by atoms with van der Waals surface area (Å²) in [6, 6.07) is 9.97. The van der Waals surface area contributed by atoms with E-state index in [0.717, 1.165) is 12.1 Å². The molecule has 0 spiro atoms. The van der Waals surface area contributed by atoms with Crippen molar-refractivity contribution >= 4 is 40.5 Å². The molecule has 0 aromatic heterocycles. The fourth-order valence-corrected chi connectivity index (χ4v) is 4.01. The van der Waals surface area contributed by atoms with Crippen molar-refractivity contribution in [2.45, 2.75) is 12.6 Å². The number of benzene rings is 2. The number of nitrogens with one attached hydrogen (secondary N) is 1. The largest absolute Gasteiger partial charge is 0.416 e. The van der Waals surface area contributed by atoms with Gasteiger partial charge in [-0.3, -0.25) is 9.59 Å². The number of morpholine rings is 1. The van der Waals surface area contributed by atoms with Gasteiger partial charge in [0.15, 0.2) is 0 Å². The summed E-state index contributed by atoms with van der Waals surface area (Å²) in [5.41, 5.74) is 0.329. The summed E-state index contributed by atoms with van der Waals surface area (Å²) in [4.78, 5) is 28.8. The van der Waals surface area contributed by atoms with E-state index in [4.69, 9.17) is 16.3 Å². The molecule has 0 bridgehead atoms. The van der Waals surface area contributed by atoms with Crippen molar-refractivity contribution in [3.05, 3.63) is 53.1 Å². The van der Waals surface area contributed by atoms with Crippen LogP contribution in [0.3, 0.4) is 0 Å². The molecule has 2 aliphatic rings. The average Bonchev–Trinajstić information content (AvgIpc) is 3.16. The first-order chi connectivity index (χ1) is 15.2. The van der Waals surface area contributed by atoms with Crippen LogP contribution in [0.25, 0.3) is 0 Å². The second kappa shape index (κ2) is 8.99. The molecule has 0 radical (unpaired) electrons. The van der Waals surface area contributed by atoms with Crippen molar-refractivity contribution < 1.29 is 27.5 Å². The van der Waals surface area contributed by atoms with Crippen LogP contribution in [0.5, 0.6) is 0 Å². The molecule has 2 aromatic rings. The van der Waals surface area contributed by atoms with Gasteiger partial charge in [-0.1, -0.05) is 11.6 Å². The molecular formula is C22H21ClF3N3O3. The summed E-state index contributed by atoms with van der Waals surface area (Å²) in [6.07, 6.45) is -4.57. The minimum absolute atomic E-state index is 0.0275. The highest BCUT2D eigenvalue weighted by molar-refractivity contribution is 6.30. The molecule has 170 valence electrons. The Hall–Kier alpha value is -2.78. The molecule has 0 saturated carbocycles. The molecule has 2 aliphatic heterocycles. The number of carbonyl (C=O) groups excluding carboxylic acids is 2. The number of hydrogen-bond acceptors (Lipinski definition) is 4. The molecule has 32 heavy (non-hydrogen) atoms. The first-order valence-electron chi connectivity index (χ1n) is 10.1. The van der Waals surface area contributed by atoms with Crippen LogP contribution in [0, 0.1) is 5.92 Å². The maximum atomic E-state index is 13.3. The lowest BCUT2D eigenvalue weighted by Gasteiger charge is -2.31. The number of rotatable bonds is 4. The molecule has 1 N–H and O–H groups in total. The lowest BCUT2D eigenvalue weighted by Crippen LogP contribution is -2.37. The minimum Gasteiger partial charge on any atom is -0.378 e. The van der Waals surface area contributed by atoms with Crippen LogP contribution in [0.2, 0.25) is 5.02 Å². The third-order valence-corrected chi connectivity index (χ3v) is 5.82. The van der Waals surface area contributed by atoms with Crippen molar-refractivity contribution in [3.63, 3.8) is 0 Å². The summed E-state index contributed by atoms with van der Waals surface area (Å²) < 4.78 is 45.2. The Labute approximate surface area is 187 Å². The van der Waals surface area contributed by atoms with Crippen molar-refractivity contribution in [3.8, 4) is 0 Å². The Bertz CT molecular complexity index is 1010. The van der Waals surface area contributed by atoms with Gasteiger partial charge in [0.1, 0.15) is 0 Å². The molecular weight excluding hydrogens is 447 g/mol. The summed E-state index contributed by atoms with van der Waals surface area (Å²) in [6.45, 7) is 2.03. The number of nitrogens with zero attached hydrogens (tertiary/aromatic N) is 2. The molecule has 0 aliphatic carbocycles. The van der Waals surface area contributed by atoms with Gasteiger partial charge in [0, 0.05) is 36.8 Å². The van der Waals surface area contributed by atoms with Crippen LogP contribution in [-0.2, 0) is 20.5 Å². The number of carbonyl (C=O) groups is 2. The predicted molar refractivity (Wildman–Crippen MR) is 115 cm³/mol. The van der Waals surface area contributed by atoms with E-state index < -0.39 is 23.6 Å². The summed E-state index contributed by atoms with van der Waals surface area (Å²) in [5.74, 6) is -1.42. The number of halogens is 4. The zero-order chi connectivity index (χ0) is 22.9. The van der Waals surface area contributed by atoms with Crippen molar-refractivity contribution in [2.75, 3.05) is 48.0 Å². The monoisotopic (exact) mass is 467 g/mol. The maximum absolute atomic E-state index is 13.3. The average molecular weight is 468 g/mol. The van der Waals surface area contributed by atoms with Crippen molar-refractivity contribution in [1.29, 1.82) is 0 Å². The van der Waals surface area contributed by atoms with Gasteiger partial charge in [-0.05, 0) is 42.5 Å². The van der Waals surface area contributed by atoms with Gasteiger partial charge in [-0.15, -0.1) is 0 Å². The molecule has 6 nitrogen and oxygen atoms in total. The van der Waals surface area contributed by atoms with E-state index in [1.54, 1.807) is 24.3 Å². The molecule has 4 rings (SSSR count). The highest BCUT2D eigenvalue weighted by Crippen LogP contribution is 2.36. The highest BCUT2D eigenvalue weighted by Gasteiger charge is 2.36. The summed E-state index contributed by atoms with van der Waals surface area (Å²) in [7, 11) is 0. The summed E-state index contributed by atoms with van der Waals surface area (Å²) >= 11 is 5.89. The van der Waals surface area contributed by atoms with Gasteiger partial charge < -0.3 is 19.9 Å². The lowest BCUT2D eigenvalue weighted by atomic mass is 10.1. The number of alkyl halides is 3. The maximum Gasteiger partial charge on any atom is 0.416 e. The normalized spacial score (nSPS) is 19.4.